The molecule has 3 heterocycles. The first-order valence-corrected chi connectivity index (χ1v) is 20.2. The Morgan fingerprint density at radius 3 is 1.46 bits per heavy atom. The summed E-state index contributed by atoms with van der Waals surface area (Å²) in [6, 6.07) is 0. The largest absolute Gasteiger partial charge is 0.460 e. The van der Waals surface area contributed by atoms with Crippen LogP contribution in [0.4, 0.5) is 0 Å². The highest BCUT2D eigenvalue weighted by molar-refractivity contribution is 6.19. The number of fused-ring (bicyclic) bond motifs is 5. The Kier molecular flexibility index (Phi) is 16.1. The summed E-state index contributed by atoms with van der Waals surface area (Å²) in [5.74, 6) is -18.5. The molecule has 0 aromatic carbocycles. The highest BCUT2D eigenvalue weighted by Gasteiger charge is 2.79. The molecular formula is C42H54O19. The van der Waals surface area contributed by atoms with Crippen LogP contribution < -0.4 is 0 Å². The fraction of sp³-hybridized carbons (Fsp3) is 0.643. The predicted octanol–water partition coefficient (Wildman–Crippen LogP) is 0.386. The number of hydrogen-bond acceptors (Lipinski definition) is 19. The Bertz CT molecular complexity index is 1830. The third-order valence-electron chi connectivity index (χ3n) is 11.5. The first kappa shape index (κ1) is 48.6. The normalized spacial score (nSPS) is 39.5. The van der Waals surface area contributed by atoms with Crippen molar-refractivity contribution in [2.45, 2.75) is 147 Å². The van der Waals surface area contributed by atoms with E-state index in [1.807, 2.05) is 0 Å². The number of aliphatic hydroxyl groups is 4. The second-order valence-electron chi connectivity index (χ2n) is 16.1. The maximum atomic E-state index is 15.6. The van der Waals surface area contributed by atoms with Crippen LogP contribution in [0.2, 0.25) is 0 Å². The van der Waals surface area contributed by atoms with E-state index in [1.165, 1.54) is 27.7 Å². The zero-order chi connectivity index (χ0) is 45.6. The number of ketones is 3. The van der Waals surface area contributed by atoms with Crippen molar-refractivity contribution in [1.29, 1.82) is 0 Å². The predicted molar refractivity (Wildman–Crippen MR) is 204 cm³/mol. The first-order valence-electron chi connectivity index (χ1n) is 20.2. The Balaban J connectivity index is 2.11. The molecule has 0 radical (unpaired) electrons. The summed E-state index contributed by atoms with van der Waals surface area (Å²) in [5, 5.41) is 45.6. The van der Waals surface area contributed by atoms with Gasteiger partial charge in [0.2, 0.25) is 0 Å². The van der Waals surface area contributed by atoms with E-state index in [1.54, 1.807) is 0 Å². The zero-order valence-electron chi connectivity index (χ0n) is 34.8. The molecule has 4 aliphatic rings. The molecule has 4 rings (SSSR count). The highest BCUT2D eigenvalue weighted by Crippen LogP contribution is 2.59. The smallest absolute Gasteiger partial charge is 0.330 e. The molecule has 0 amide bonds. The monoisotopic (exact) mass is 862 g/mol. The molecule has 19 heteroatoms. The van der Waals surface area contributed by atoms with E-state index in [4.69, 9.17) is 28.4 Å². The molecule has 1 fully saturated rings. The van der Waals surface area contributed by atoms with Gasteiger partial charge in [0.05, 0.1) is 36.1 Å². The molecule has 1 saturated carbocycles. The van der Waals surface area contributed by atoms with Gasteiger partial charge in [0, 0.05) is 37.5 Å². The van der Waals surface area contributed by atoms with Crippen LogP contribution in [0.15, 0.2) is 36.5 Å². The van der Waals surface area contributed by atoms with E-state index in [9.17, 15) is 54.0 Å². The maximum absolute atomic E-state index is 15.6. The van der Waals surface area contributed by atoms with Gasteiger partial charge < -0.3 is 48.8 Å². The van der Waals surface area contributed by atoms with Crippen molar-refractivity contribution >= 4 is 53.2 Å². The minimum atomic E-state index is -3.40. The number of ether oxygens (including phenoxy) is 6. The Morgan fingerprint density at radius 2 is 0.967 bits per heavy atom. The summed E-state index contributed by atoms with van der Waals surface area (Å²) >= 11 is 0. The molecule has 336 valence electrons. The standard InChI is InChI=1S/C42H54O19/c1-20-7-9-26(43)19-27(37(51)59-23(4)28(44)11-14-32(48)56-20)42-36-35(31(47)10-8-21(2)57-33(49)15-12-29(45)24(5)60-38(36)52)41(55,39(42)53)18-17-22(3)58-34(50)16-13-30(46)25(6)61-40(42)54/h11-16,20-25,27-30,35-36,44-46,55H,7-10,17-19H2,1-6H3. The second-order valence-corrected chi connectivity index (χ2v) is 16.1. The van der Waals surface area contributed by atoms with Gasteiger partial charge in [0.15, 0.2) is 11.2 Å². The lowest BCUT2D eigenvalue weighted by Crippen LogP contribution is -2.57. The second kappa shape index (κ2) is 20.2. The molecule has 0 saturated heterocycles. The van der Waals surface area contributed by atoms with Crippen molar-refractivity contribution in [2.24, 2.45) is 23.2 Å². The van der Waals surface area contributed by atoms with Gasteiger partial charge in [-0.3, -0.25) is 28.8 Å². The number of hydrogen-bond donors (Lipinski definition) is 4. The summed E-state index contributed by atoms with van der Waals surface area (Å²) in [6.45, 7) is 7.71. The van der Waals surface area contributed by atoms with Gasteiger partial charge in [-0.15, -0.1) is 0 Å². The minimum Gasteiger partial charge on any atom is -0.460 e. The lowest BCUT2D eigenvalue weighted by molar-refractivity contribution is -0.191. The van der Waals surface area contributed by atoms with Crippen LogP contribution in [0.25, 0.3) is 0 Å². The third kappa shape index (κ3) is 11.0. The molecule has 4 N–H and O–H groups in total. The molecule has 0 spiro atoms. The van der Waals surface area contributed by atoms with E-state index in [2.05, 4.69) is 0 Å². The number of carbonyl (C=O) groups is 9. The molecule has 19 nitrogen and oxygen atoms in total. The number of aliphatic hydroxyl groups excluding tert-OH is 3. The number of cyclic esters (lactones) is 6. The Morgan fingerprint density at radius 1 is 0.541 bits per heavy atom. The maximum Gasteiger partial charge on any atom is 0.330 e. The molecule has 0 aromatic heterocycles. The minimum absolute atomic E-state index is 0.154. The van der Waals surface area contributed by atoms with Gasteiger partial charge in [0.25, 0.3) is 0 Å². The Hall–Kier alpha value is -5.11. The van der Waals surface area contributed by atoms with Gasteiger partial charge >= 0.3 is 35.8 Å². The summed E-state index contributed by atoms with van der Waals surface area (Å²) in [7, 11) is 0. The van der Waals surface area contributed by atoms with Crippen molar-refractivity contribution in [3.05, 3.63) is 36.5 Å². The molecule has 14 atom stereocenters. The average molecular weight is 863 g/mol. The number of esters is 6. The summed E-state index contributed by atoms with van der Waals surface area (Å²) in [6.07, 6.45) is -11.7. The van der Waals surface area contributed by atoms with Crippen LogP contribution in [0, 0.1) is 23.2 Å². The van der Waals surface area contributed by atoms with Crippen molar-refractivity contribution in [3.8, 4) is 0 Å². The number of Topliss-reactive ketones (excluding diaryl/α,β-unsaturated/α-hetero) is 3. The summed E-state index contributed by atoms with van der Waals surface area (Å²) < 4.78 is 32.8. The van der Waals surface area contributed by atoms with Crippen LogP contribution >= 0.6 is 0 Å². The molecule has 2 bridgehead atoms. The lowest BCUT2D eigenvalue weighted by atomic mass is 9.63. The van der Waals surface area contributed by atoms with Crippen LogP contribution in [0.5, 0.6) is 0 Å². The molecule has 14 unspecified atom stereocenters. The highest BCUT2D eigenvalue weighted by atomic mass is 16.6. The summed E-state index contributed by atoms with van der Waals surface area (Å²) in [4.78, 5) is 127. The van der Waals surface area contributed by atoms with E-state index in [0.717, 1.165) is 50.3 Å². The van der Waals surface area contributed by atoms with Crippen molar-refractivity contribution in [3.63, 3.8) is 0 Å². The average Bonchev–Trinajstić information content (AvgIpc) is 3.39. The Labute approximate surface area is 351 Å². The molecule has 61 heavy (non-hydrogen) atoms. The van der Waals surface area contributed by atoms with Gasteiger partial charge in [0.1, 0.15) is 53.8 Å². The van der Waals surface area contributed by atoms with Gasteiger partial charge in [-0.25, -0.2) is 14.4 Å². The zero-order valence-corrected chi connectivity index (χ0v) is 34.8. The molecule has 3 aliphatic heterocycles. The van der Waals surface area contributed by atoms with Crippen molar-refractivity contribution < 1.29 is 92.0 Å². The number of rotatable bonds is 1. The summed E-state index contributed by atoms with van der Waals surface area (Å²) in [5.41, 5.74) is -6.51. The topological polar surface area (TPSA) is 290 Å². The molecule has 0 aromatic rings. The van der Waals surface area contributed by atoms with Gasteiger partial charge in [-0.05, 0) is 85.5 Å². The SMILES string of the molecule is CC1CCC(=O)CC(C23C(=O)OC(C)C(O)C=CC(=O)OC(C)CCC(O)(C2=O)C2C(=O)CCC(C)OC(=O)C=CC(O)C(C)OC(=O)C23)C(=O)OC(C)C(O)C=CC(=O)O1. The molecular weight excluding hydrogens is 808 g/mol. The quantitative estimate of drug-likeness (QED) is 0.157. The van der Waals surface area contributed by atoms with Crippen molar-refractivity contribution in [1.82, 2.24) is 0 Å². The molecule has 1 aliphatic carbocycles. The fourth-order valence-corrected chi connectivity index (χ4v) is 7.90. The fourth-order valence-electron chi connectivity index (χ4n) is 7.90. The van der Waals surface area contributed by atoms with Crippen LogP contribution in [-0.4, -0.2) is 134 Å². The van der Waals surface area contributed by atoms with Crippen LogP contribution in [0.3, 0.4) is 0 Å². The van der Waals surface area contributed by atoms with E-state index < -0.39 is 169 Å². The van der Waals surface area contributed by atoms with Gasteiger partial charge in [-0.2, -0.15) is 0 Å². The lowest BCUT2D eigenvalue weighted by Gasteiger charge is -2.38. The van der Waals surface area contributed by atoms with E-state index >= 15 is 9.59 Å². The third-order valence-corrected chi connectivity index (χ3v) is 11.5. The first-order chi connectivity index (χ1) is 28.5. The van der Waals surface area contributed by atoms with Crippen LogP contribution in [0.1, 0.15) is 86.5 Å². The van der Waals surface area contributed by atoms with Gasteiger partial charge in [-0.1, -0.05) is 0 Å². The van der Waals surface area contributed by atoms with Crippen molar-refractivity contribution in [2.75, 3.05) is 0 Å². The van der Waals surface area contributed by atoms with E-state index in [0.29, 0.717) is 0 Å². The van der Waals surface area contributed by atoms with E-state index in [-0.39, 0.29) is 12.8 Å². The van der Waals surface area contributed by atoms with Crippen LogP contribution in [-0.2, 0) is 71.6 Å². The number of carbonyl (C=O) groups excluding carboxylic acids is 9.